The van der Waals surface area contributed by atoms with Crippen LogP contribution in [0.4, 0.5) is 0 Å². The Morgan fingerprint density at radius 2 is 1.83 bits per heavy atom. The van der Waals surface area contributed by atoms with Gasteiger partial charge in [-0.2, -0.15) is 0 Å². The molecule has 1 N–H and O–H groups in total. The largest absolute Gasteiger partial charge is 0.373 e. The summed E-state index contributed by atoms with van der Waals surface area (Å²) in [6.45, 7) is 9.93. The fourth-order valence-electron chi connectivity index (χ4n) is 2.96. The summed E-state index contributed by atoms with van der Waals surface area (Å²) in [5, 5.41) is 3.58. The van der Waals surface area contributed by atoms with E-state index in [2.05, 4.69) is 26.1 Å². The van der Waals surface area contributed by atoms with Crippen molar-refractivity contribution >= 4 is 0 Å². The van der Waals surface area contributed by atoms with Crippen LogP contribution in [0.3, 0.4) is 0 Å². The van der Waals surface area contributed by atoms with E-state index in [4.69, 9.17) is 4.74 Å². The van der Waals surface area contributed by atoms with Crippen molar-refractivity contribution < 1.29 is 4.74 Å². The first kappa shape index (κ1) is 16.0. The molecule has 0 bridgehead atoms. The molecule has 0 spiro atoms. The van der Waals surface area contributed by atoms with Gasteiger partial charge in [0.05, 0.1) is 5.60 Å². The van der Waals surface area contributed by atoms with Crippen molar-refractivity contribution in [3.05, 3.63) is 0 Å². The quantitative estimate of drug-likeness (QED) is 0.625. The van der Waals surface area contributed by atoms with Crippen molar-refractivity contribution in [2.24, 2.45) is 5.92 Å². The second-order valence-electron chi connectivity index (χ2n) is 6.13. The third kappa shape index (κ3) is 5.71. The first-order valence-corrected chi connectivity index (χ1v) is 8.07. The number of nitrogens with one attached hydrogen (secondary N) is 1. The summed E-state index contributed by atoms with van der Waals surface area (Å²) in [6, 6.07) is 0. The molecular weight excluding hydrogens is 222 g/mol. The van der Waals surface area contributed by atoms with Gasteiger partial charge in [0.2, 0.25) is 0 Å². The number of hydrogen-bond acceptors (Lipinski definition) is 2. The van der Waals surface area contributed by atoms with E-state index in [9.17, 15) is 0 Å². The Kier molecular flexibility index (Phi) is 7.92. The van der Waals surface area contributed by atoms with Crippen molar-refractivity contribution in [1.82, 2.24) is 5.32 Å². The van der Waals surface area contributed by atoms with Crippen LogP contribution in [0.1, 0.15) is 72.1 Å². The van der Waals surface area contributed by atoms with Crippen molar-refractivity contribution in [1.29, 1.82) is 0 Å². The van der Waals surface area contributed by atoms with Crippen molar-refractivity contribution in [3.63, 3.8) is 0 Å². The van der Waals surface area contributed by atoms with Gasteiger partial charge in [-0.15, -0.1) is 0 Å². The maximum absolute atomic E-state index is 6.37. The second-order valence-corrected chi connectivity index (χ2v) is 6.13. The highest BCUT2D eigenvalue weighted by Crippen LogP contribution is 2.31. The van der Waals surface area contributed by atoms with E-state index in [0.29, 0.717) is 5.92 Å². The lowest BCUT2D eigenvalue weighted by molar-refractivity contribution is -0.0804. The van der Waals surface area contributed by atoms with Gasteiger partial charge in [0, 0.05) is 13.2 Å². The van der Waals surface area contributed by atoms with E-state index in [-0.39, 0.29) is 5.60 Å². The van der Waals surface area contributed by atoms with Crippen LogP contribution < -0.4 is 5.32 Å². The third-order valence-electron chi connectivity index (χ3n) is 4.09. The smallest absolute Gasteiger partial charge is 0.0806 e. The SMILES string of the molecule is CCCNCC1(OCC(C)CCC)CCCCC1. The van der Waals surface area contributed by atoms with Gasteiger partial charge in [0.25, 0.3) is 0 Å². The Hall–Kier alpha value is -0.0800. The molecule has 108 valence electrons. The summed E-state index contributed by atoms with van der Waals surface area (Å²) in [7, 11) is 0. The van der Waals surface area contributed by atoms with Crippen LogP contribution in [0.15, 0.2) is 0 Å². The minimum Gasteiger partial charge on any atom is -0.373 e. The molecule has 0 aromatic heterocycles. The van der Waals surface area contributed by atoms with E-state index in [1.807, 2.05) is 0 Å². The lowest BCUT2D eigenvalue weighted by Gasteiger charge is -2.38. The molecule has 0 aliphatic heterocycles. The van der Waals surface area contributed by atoms with Gasteiger partial charge in [-0.1, -0.05) is 46.5 Å². The molecule has 0 aromatic rings. The highest BCUT2D eigenvalue weighted by Gasteiger charge is 2.32. The van der Waals surface area contributed by atoms with Crippen LogP contribution in [0.2, 0.25) is 0 Å². The van der Waals surface area contributed by atoms with Crippen molar-refractivity contribution in [2.45, 2.75) is 77.7 Å². The zero-order valence-corrected chi connectivity index (χ0v) is 12.8. The number of rotatable bonds is 9. The first-order valence-electron chi connectivity index (χ1n) is 8.07. The molecule has 0 amide bonds. The lowest BCUT2D eigenvalue weighted by atomic mass is 9.84. The normalized spacial score (nSPS) is 20.8. The zero-order chi connectivity index (χ0) is 13.3. The maximum Gasteiger partial charge on any atom is 0.0806 e. The third-order valence-corrected chi connectivity index (χ3v) is 4.09. The molecule has 1 unspecified atom stereocenters. The molecule has 0 saturated heterocycles. The second kappa shape index (κ2) is 8.92. The predicted molar refractivity (Wildman–Crippen MR) is 79.0 cm³/mol. The molecule has 0 aromatic carbocycles. The van der Waals surface area contributed by atoms with Gasteiger partial charge < -0.3 is 10.1 Å². The van der Waals surface area contributed by atoms with Gasteiger partial charge in [-0.3, -0.25) is 0 Å². The van der Waals surface area contributed by atoms with Gasteiger partial charge in [-0.05, 0) is 38.1 Å². The molecule has 0 radical (unpaired) electrons. The average molecular weight is 255 g/mol. The molecule has 1 rings (SSSR count). The summed E-state index contributed by atoms with van der Waals surface area (Å²) >= 11 is 0. The molecule has 1 atom stereocenters. The molecular formula is C16H33NO. The lowest BCUT2D eigenvalue weighted by Crippen LogP contribution is -2.45. The molecule has 1 saturated carbocycles. The Morgan fingerprint density at radius 1 is 1.11 bits per heavy atom. The summed E-state index contributed by atoms with van der Waals surface area (Å²) in [4.78, 5) is 0. The fraction of sp³-hybridized carbons (Fsp3) is 1.00. The Morgan fingerprint density at radius 3 is 2.44 bits per heavy atom. The number of hydrogen-bond donors (Lipinski definition) is 1. The van der Waals surface area contributed by atoms with Gasteiger partial charge in [0.15, 0.2) is 0 Å². The fourth-order valence-corrected chi connectivity index (χ4v) is 2.96. The van der Waals surface area contributed by atoms with Crippen LogP contribution in [0, 0.1) is 5.92 Å². The average Bonchev–Trinajstić information content (AvgIpc) is 2.39. The van der Waals surface area contributed by atoms with E-state index >= 15 is 0 Å². The molecule has 1 fully saturated rings. The minimum absolute atomic E-state index is 0.148. The molecule has 18 heavy (non-hydrogen) atoms. The molecule has 2 heteroatoms. The first-order chi connectivity index (χ1) is 8.72. The Bertz CT molecular complexity index is 199. The highest BCUT2D eigenvalue weighted by atomic mass is 16.5. The van der Waals surface area contributed by atoms with Crippen molar-refractivity contribution in [2.75, 3.05) is 19.7 Å². The number of ether oxygens (including phenoxy) is 1. The topological polar surface area (TPSA) is 21.3 Å². The van der Waals surface area contributed by atoms with E-state index in [0.717, 1.165) is 19.7 Å². The van der Waals surface area contributed by atoms with Crippen LogP contribution in [-0.2, 0) is 4.74 Å². The van der Waals surface area contributed by atoms with Gasteiger partial charge in [0.1, 0.15) is 0 Å². The van der Waals surface area contributed by atoms with E-state index in [1.54, 1.807) is 0 Å². The monoisotopic (exact) mass is 255 g/mol. The standard InChI is InChI=1S/C16H33NO/c1-4-9-15(3)13-18-16(14-17-12-5-2)10-7-6-8-11-16/h15,17H,4-14H2,1-3H3. The van der Waals surface area contributed by atoms with Gasteiger partial charge in [-0.25, -0.2) is 0 Å². The summed E-state index contributed by atoms with van der Waals surface area (Å²) < 4.78 is 6.37. The molecule has 1 aliphatic carbocycles. The summed E-state index contributed by atoms with van der Waals surface area (Å²) in [5.41, 5.74) is 0.148. The molecule has 2 nitrogen and oxygen atoms in total. The Labute approximate surface area is 114 Å². The minimum atomic E-state index is 0.148. The summed E-state index contributed by atoms with van der Waals surface area (Å²) in [5.74, 6) is 0.708. The predicted octanol–water partition coefficient (Wildman–Crippen LogP) is 4.14. The molecule has 1 aliphatic rings. The van der Waals surface area contributed by atoms with Crippen LogP contribution in [0.5, 0.6) is 0 Å². The molecule has 0 heterocycles. The Balaban J connectivity index is 2.38. The maximum atomic E-state index is 6.37. The van der Waals surface area contributed by atoms with Crippen LogP contribution in [0.25, 0.3) is 0 Å². The van der Waals surface area contributed by atoms with Gasteiger partial charge >= 0.3 is 0 Å². The van der Waals surface area contributed by atoms with Crippen molar-refractivity contribution in [3.8, 4) is 0 Å². The van der Waals surface area contributed by atoms with Crippen LogP contribution >= 0.6 is 0 Å². The van der Waals surface area contributed by atoms with E-state index in [1.165, 1.54) is 51.4 Å². The highest BCUT2D eigenvalue weighted by molar-refractivity contribution is 4.87. The van der Waals surface area contributed by atoms with E-state index < -0.39 is 0 Å². The summed E-state index contributed by atoms with van der Waals surface area (Å²) in [6.07, 6.45) is 10.4. The van der Waals surface area contributed by atoms with Crippen LogP contribution in [-0.4, -0.2) is 25.3 Å². The zero-order valence-electron chi connectivity index (χ0n) is 12.8.